The van der Waals surface area contributed by atoms with Crippen molar-refractivity contribution in [3.8, 4) is 0 Å². The second kappa shape index (κ2) is 7.85. The second-order valence-corrected chi connectivity index (χ2v) is 5.80. The zero-order valence-corrected chi connectivity index (χ0v) is 12.9. The number of halogens is 2. The van der Waals surface area contributed by atoms with Gasteiger partial charge in [-0.05, 0) is 62.8 Å². The van der Waals surface area contributed by atoms with E-state index < -0.39 is 11.6 Å². The Kier molecular flexibility index (Phi) is 6.12. The summed E-state index contributed by atoms with van der Waals surface area (Å²) in [5.74, 6) is -0.449. The molecule has 118 valence electrons. The highest BCUT2D eigenvalue weighted by atomic mass is 19.1. The highest BCUT2D eigenvalue weighted by Gasteiger charge is 2.37. The van der Waals surface area contributed by atoms with Gasteiger partial charge in [0.2, 0.25) is 0 Å². The predicted molar refractivity (Wildman–Crippen MR) is 80.3 cm³/mol. The predicted octanol–water partition coefficient (Wildman–Crippen LogP) is 3.69. The summed E-state index contributed by atoms with van der Waals surface area (Å²) in [6.07, 6.45) is 4.12. The van der Waals surface area contributed by atoms with Crippen molar-refractivity contribution >= 4 is 0 Å². The molecular weight excluding hydrogens is 272 g/mol. The lowest BCUT2D eigenvalue weighted by atomic mass is 9.97. The normalized spacial score (nSPS) is 17.7. The standard InChI is InChI=1S/C17H25F2NO/c1-3-7-20-16(17(21-4-2)13-5-6-13)10-12-8-14(18)11-15(19)9-12/h8-9,11,13,16-17,20H,3-7,10H2,1-2H3. The molecule has 2 nitrogen and oxygen atoms in total. The summed E-state index contributed by atoms with van der Waals surface area (Å²) in [4.78, 5) is 0. The van der Waals surface area contributed by atoms with Crippen molar-refractivity contribution in [3.05, 3.63) is 35.4 Å². The molecular formula is C17H25F2NO. The summed E-state index contributed by atoms with van der Waals surface area (Å²) < 4.78 is 32.6. The molecule has 0 spiro atoms. The van der Waals surface area contributed by atoms with Crippen LogP contribution >= 0.6 is 0 Å². The minimum Gasteiger partial charge on any atom is -0.377 e. The highest BCUT2D eigenvalue weighted by molar-refractivity contribution is 5.19. The molecule has 4 heteroatoms. The largest absolute Gasteiger partial charge is 0.377 e. The monoisotopic (exact) mass is 297 g/mol. The van der Waals surface area contributed by atoms with E-state index in [0.29, 0.717) is 24.5 Å². The van der Waals surface area contributed by atoms with E-state index in [4.69, 9.17) is 4.74 Å². The summed E-state index contributed by atoms with van der Waals surface area (Å²) in [6, 6.07) is 3.86. The molecule has 1 aromatic rings. The van der Waals surface area contributed by atoms with E-state index in [2.05, 4.69) is 12.2 Å². The van der Waals surface area contributed by atoms with Gasteiger partial charge in [-0.25, -0.2) is 8.78 Å². The Labute approximate surface area is 125 Å². The van der Waals surface area contributed by atoms with Crippen molar-refractivity contribution in [2.45, 2.75) is 51.7 Å². The molecule has 0 amide bonds. The van der Waals surface area contributed by atoms with E-state index in [1.165, 1.54) is 25.0 Å². The first-order valence-corrected chi connectivity index (χ1v) is 7.94. The van der Waals surface area contributed by atoms with Crippen LogP contribution in [0.3, 0.4) is 0 Å². The topological polar surface area (TPSA) is 21.3 Å². The minimum absolute atomic E-state index is 0.110. The van der Waals surface area contributed by atoms with Crippen molar-refractivity contribution in [2.75, 3.05) is 13.2 Å². The summed E-state index contributed by atoms with van der Waals surface area (Å²) in [7, 11) is 0. The van der Waals surface area contributed by atoms with Gasteiger partial charge in [-0.1, -0.05) is 6.92 Å². The van der Waals surface area contributed by atoms with Crippen molar-refractivity contribution in [1.29, 1.82) is 0 Å². The van der Waals surface area contributed by atoms with Crippen LogP contribution in [0.15, 0.2) is 18.2 Å². The SMILES string of the molecule is CCCNC(Cc1cc(F)cc(F)c1)C(OCC)C1CC1. The quantitative estimate of drug-likeness (QED) is 0.750. The minimum atomic E-state index is -0.515. The second-order valence-electron chi connectivity index (χ2n) is 5.80. The van der Waals surface area contributed by atoms with E-state index in [-0.39, 0.29) is 12.1 Å². The summed E-state index contributed by atoms with van der Waals surface area (Å²) in [5.41, 5.74) is 0.687. The molecule has 2 atom stereocenters. The van der Waals surface area contributed by atoms with Crippen molar-refractivity contribution in [3.63, 3.8) is 0 Å². The Morgan fingerprint density at radius 2 is 1.86 bits per heavy atom. The first-order chi connectivity index (χ1) is 10.1. The van der Waals surface area contributed by atoms with Gasteiger partial charge in [-0.15, -0.1) is 0 Å². The van der Waals surface area contributed by atoms with E-state index in [9.17, 15) is 8.78 Å². The summed E-state index contributed by atoms with van der Waals surface area (Å²) in [6.45, 7) is 5.66. The van der Waals surface area contributed by atoms with Crippen LogP contribution in [-0.2, 0) is 11.2 Å². The Bertz CT molecular complexity index is 428. The van der Waals surface area contributed by atoms with Crippen LogP contribution in [0, 0.1) is 17.6 Å². The molecule has 1 aliphatic rings. The fourth-order valence-corrected chi connectivity index (χ4v) is 2.81. The molecule has 1 aromatic carbocycles. The van der Waals surface area contributed by atoms with Crippen LogP contribution in [-0.4, -0.2) is 25.3 Å². The van der Waals surface area contributed by atoms with Gasteiger partial charge < -0.3 is 10.1 Å². The molecule has 0 aliphatic heterocycles. The third-order valence-electron chi connectivity index (χ3n) is 3.88. The van der Waals surface area contributed by atoms with Gasteiger partial charge in [0.25, 0.3) is 0 Å². The van der Waals surface area contributed by atoms with Crippen LogP contribution in [0.2, 0.25) is 0 Å². The third-order valence-corrected chi connectivity index (χ3v) is 3.88. The first-order valence-electron chi connectivity index (χ1n) is 7.94. The van der Waals surface area contributed by atoms with Crippen LogP contribution < -0.4 is 5.32 Å². The molecule has 0 aromatic heterocycles. The number of hydrogen-bond acceptors (Lipinski definition) is 2. The van der Waals surface area contributed by atoms with Gasteiger partial charge in [0.1, 0.15) is 11.6 Å². The van der Waals surface area contributed by atoms with Gasteiger partial charge in [-0.2, -0.15) is 0 Å². The lowest BCUT2D eigenvalue weighted by molar-refractivity contribution is 0.0192. The lowest BCUT2D eigenvalue weighted by Crippen LogP contribution is -2.44. The molecule has 21 heavy (non-hydrogen) atoms. The molecule has 2 unspecified atom stereocenters. The van der Waals surface area contributed by atoms with Crippen LogP contribution in [0.1, 0.15) is 38.7 Å². The summed E-state index contributed by atoms with van der Waals surface area (Å²) >= 11 is 0. The van der Waals surface area contributed by atoms with Gasteiger partial charge in [0.15, 0.2) is 0 Å². The van der Waals surface area contributed by atoms with Crippen molar-refractivity contribution in [1.82, 2.24) is 5.32 Å². The van der Waals surface area contributed by atoms with Crippen molar-refractivity contribution < 1.29 is 13.5 Å². The van der Waals surface area contributed by atoms with E-state index in [1.54, 1.807) is 0 Å². The molecule has 2 rings (SSSR count). The molecule has 0 heterocycles. The van der Waals surface area contributed by atoms with Gasteiger partial charge >= 0.3 is 0 Å². The van der Waals surface area contributed by atoms with Gasteiger partial charge in [0.05, 0.1) is 6.10 Å². The Balaban J connectivity index is 2.10. The zero-order valence-electron chi connectivity index (χ0n) is 12.9. The first kappa shape index (κ1) is 16.4. The maximum Gasteiger partial charge on any atom is 0.126 e. The lowest BCUT2D eigenvalue weighted by Gasteiger charge is -2.28. The Morgan fingerprint density at radius 1 is 1.19 bits per heavy atom. The van der Waals surface area contributed by atoms with Crippen molar-refractivity contribution in [2.24, 2.45) is 5.92 Å². The number of rotatable bonds is 9. The number of benzene rings is 1. The average Bonchev–Trinajstić information content (AvgIpc) is 3.24. The summed E-state index contributed by atoms with van der Waals surface area (Å²) in [5, 5.41) is 3.49. The van der Waals surface area contributed by atoms with Crippen LogP contribution in [0.4, 0.5) is 8.78 Å². The van der Waals surface area contributed by atoms with E-state index in [1.807, 2.05) is 6.92 Å². The smallest absolute Gasteiger partial charge is 0.126 e. The van der Waals surface area contributed by atoms with E-state index >= 15 is 0 Å². The number of nitrogens with one attached hydrogen (secondary N) is 1. The Morgan fingerprint density at radius 3 is 2.38 bits per heavy atom. The molecule has 1 aliphatic carbocycles. The average molecular weight is 297 g/mol. The number of ether oxygens (including phenoxy) is 1. The molecule has 0 saturated heterocycles. The van der Waals surface area contributed by atoms with Crippen LogP contribution in [0.5, 0.6) is 0 Å². The van der Waals surface area contributed by atoms with Gasteiger partial charge in [0, 0.05) is 18.7 Å². The maximum absolute atomic E-state index is 13.4. The fraction of sp³-hybridized carbons (Fsp3) is 0.647. The molecule has 0 bridgehead atoms. The molecule has 1 saturated carbocycles. The molecule has 1 fully saturated rings. The Hall–Kier alpha value is -1.00. The van der Waals surface area contributed by atoms with E-state index in [0.717, 1.165) is 19.0 Å². The number of hydrogen-bond donors (Lipinski definition) is 1. The third kappa shape index (κ3) is 5.04. The van der Waals surface area contributed by atoms with Crippen LogP contribution in [0.25, 0.3) is 0 Å². The highest BCUT2D eigenvalue weighted by Crippen LogP contribution is 2.36. The molecule has 0 radical (unpaired) electrons. The zero-order chi connectivity index (χ0) is 15.2. The fourth-order valence-electron chi connectivity index (χ4n) is 2.81. The van der Waals surface area contributed by atoms with Gasteiger partial charge in [-0.3, -0.25) is 0 Å². The molecule has 1 N–H and O–H groups in total. The maximum atomic E-state index is 13.4.